The van der Waals surface area contributed by atoms with Crippen LogP contribution in [0.3, 0.4) is 0 Å². The molecule has 0 spiro atoms. The van der Waals surface area contributed by atoms with E-state index >= 15 is 0 Å². The number of hydrogen-bond acceptors (Lipinski definition) is 7. The number of amides is 5. The number of urea groups is 1. The Labute approximate surface area is 282 Å². The molecule has 1 unspecified atom stereocenters. The highest BCUT2D eigenvalue weighted by Gasteiger charge is 2.70. The maximum absolute atomic E-state index is 14.5. The molecule has 1 aromatic rings. The maximum Gasteiger partial charge on any atom is 0.329 e. The average Bonchev–Trinajstić information content (AvgIpc) is 3.92. The lowest BCUT2D eigenvalue weighted by Crippen LogP contribution is -2.62. The Morgan fingerprint density at radius 3 is 2.10 bits per heavy atom. The first-order chi connectivity index (χ1) is 22.6. The van der Waals surface area contributed by atoms with E-state index in [1.54, 1.807) is 4.90 Å². The van der Waals surface area contributed by atoms with Gasteiger partial charge < -0.3 is 31.3 Å². The van der Waals surface area contributed by atoms with Crippen LogP contribution in [0.4, 0.5) is 4.79 Å². The van der Waals surface area contributed by atoms with Crippen molar-refractivity contribution in [1.29, 1.82) is 0 Å². The number of primary amides is 1. The molecule has 5 rings (SSSR count). The van der Waals surface area contributed by atoms with Crippen LogP contribution in [0.25, 0.3) is 0 Å². The number of Topliss-reactive ketones (excluding diaryl/α,β-unsaturated/α-hetero) is 1. The molecule has 12 heteroatoms. The van der Waals surface area contributed by atoms with Crippen molar-refractivity contribution in [2.45, 2.75) is 110 Å². The molecule has 4 aliphatic rings. The molecule has 1 aliphatic heterocycles. The van der Waals surface area contributed by atoms with Crippen molar-refractivity contribution in [2.24, 2.45) is 40.2 Å². The number of nitrogens with one attached hydrogen (secondary N) is 3. The summed E-state index contributed by atoms with van der Waals surface area (Å²) in [4.78, 5) is 81.2. The third kappa shape index (κ3) is 7.68. The highest BCUT2D eigenvalue weighted by molar-refractivity contribution is 6.38. The summed E-state index contributed by atoms with van der Waals surface area (Å²) in [5.41, 5.74) is 5.24. The number of hydrogen-bond donors (Lipinski definition) is 4. The number of carbonyl (C=O) groups is 6. The van der Waals surface area contributed by atoms with Crippen LogP contribution in [0.2, 0.25) is 0 Å². The van der Waals surface area contributed by atoms with Gasteiger partial charge in [-0.2, -0.15) is 0 Å². The van der Waals surface area contributed by atoms with Crippen molar-refractivity contribution in [1.82, 2.24) is 20.9 Å². The number of ether oxygens (including phenoxy) is 1. The molecule has 48 heavy (non-hydrogen) atoms. The van der Waals surface area contributed by atoms with Gasteiger partial charge in [-0.15, -0.1) is 0 Å². The molecule has 3 saturated carbocycles. The quantitative estimate of drug-likeness (QED) is 0.196. The zero-order valence-electron chi connectivity index (χ0n) is 28.8. The number of fused-ring (bicyclic) bond motifs is 1. The Bertz CT molecular complexity index is 1410. The minimum absolute atomic E-state index is 0.0580. The highest BCUT2D eigenvalue weighted by Crippen LogP contribution is 2.65. The molecule has 5 amide bonds. The van der Waals surface area contributed by atoms with Crippen molar-refractivity contribution in [3.05, 3.63) is 35.9 Å². The number of carbonyl (C=O) groups excluding carboxylic acids is 6. The Hall–Kier alpha value is -3.96. The van der Waals surface area contributed by atoms with Crippen molar-refractivity contribution in [3.63, 3.8) is 0 Å². The zero-order chi connectivity index (χ0) is 35.0. The van der Waals surface area contributed by atoms with Gasteiger partial charge in [0.15, 0.2) is 0 Å². The van der Waals surface area contributed by atoms with Crippen LogP contribution < -0.4 is 21.7 Å². The van der Waals surface area contributed by atoms with E-state index < -0.39 is 59.2 Å². The molecule has 12 nitrogen and oxygen atoms in total. The number of nitrogens with two attached hydrogens (primary N) is 1. The molecule has 0 radical (unpaired) electrons. The fourth-order valence-corrected chi connectivity index (χ4v) is 7.81. The summed E-state index contributed by atoms with van der Waals surface area (Å²) in [6.45, 7) is 9.99. The van der Waals surface area contributed by atoms with Crippen molar-refractivity contribution in [2.75, 3.05) is 6.54 Å². The van der Waals surface area contributed by atoms with E-state index in [2.05, 4.69) is 29.8 Å². The third-order valence-corrected chi connectivity index (χ3v) is 11.0. The van der Waals surface area contributed by atoms with E-state index in [9.17, 15) is 28.8 Å². The van der Waals surface area contributed by atoms with Crippen molar-refractivity contribution in [3.8, 4) is 0 Å². The minimum atomic E-state index is -1.10. The molecule has 3 aliphatic carbocycles. The molecule has 1 heterocycles. The lowest BCUT2D eigenvalue weighted by Gasteiger charge is -2.37. The summed E-state index contributed by atoms with van der Waals surface area (Å²) >= 11 is 0. The molecule has 0 aromatic heterocycles. The lowest BCUT2D eigenvalue weighted by atomic mass is 9.83. The van der Waals surface area contributed by atoms with Gasteiger partial charge in [-0.3, -0.25) is 19.2 Å². The molecular weight excluding hydrogens is 614 g/mol. The summed E-state index contributed by atoms with van der Waals surface area (Å²) in [6.07, 6.45) is 5.73. The summed E-state index contributed by atoms with van der Waals surface area (Å²) in [7, 11) is 0. The fraction of sp³-hybridized carbons (Fsp3) is 0.667. The molecule has 1 aromatic carbocycles. The first-order valence-corrected chi connectivity index (χ1v) is 17.3. The van der Waals surface area contributed by atoms with Crippen LogP contribution in [-0.4, -0.2) is 71.1 Å². The first-order valence-electron chi connectivity index (χ1n) is 17.3. The normalized spacial score (nSPS) is 25.1. The number of likely N-dealkylation sites (tertiary alicyclic amines) is 1. The molecule has 262 valence electrons. The van der Waals surface area contributed by atoms with Crippen LogP contribution in [0, 0.1) is 34.5 Å². The topological polar surface area (TPSA) is 177 Å². The number of benzene rings is 1. The molecule has 5 N–H and O–H groups in total. The van der Waals surface area contributed by atoms with Gasteiger partial charge in [-0.25, -0.2) is 9.59 Å². The van der Waals surface area contributed by atoms with Gasteiger partial charge >= 0.3 is 12.0 Å². The predicted octanol–water partition coefficient (Wildman–Crippen LogP) is 2.82. The van der Waals surface area contributed by atoms with Gasteiger partial charge in [0.05, 0.1) is 0 Å². The van der Waals surface area contributed by atoms with Gasteiger partial charge in [-0.1, -0.05) is 84.2 Å². The van der Waals surface area contributed by atoms with Gasteiger partial charge in [0.1, 0.15) is 30.8 Å². The van der Waals surface area contributed by atoms with Crippen LogP contribution in [0.5, 0.6) is 0 Å². The number of piperidine rings is 1. The Balaban J connectivity index is 1.33. The highest BCUT2D eigenvalue weighted by atomic mass is 16.5. The van der Waals surface area contributed by atoms with Crippen LogP contribution in [-0.2, 0) is 35.3 Å². The van der Waals surface area contributed by atoms with Gasteiger partial charge in [0, 0.05) is 6.54 Å². The van der Waals surface area contributed by atoms with Gasteiger partial charge in [-0.05, 0) is 65.7 Å². The average molecular weight is 666 g/mol. The van der Waals surface area contributed by atoms with E-state index in [1.165, 1.54) is 0 Å². The number of esters is 1. The van der Waals surface area contributed by atoms with Crippen molar-refractivity contribution >= 4 is 35.5 Å². The second-order valence-electron chi connectivity index (χ2n) is 15.8. The van der Waals surface area contributed by atoms with E-state index in [1.807, 2.05) is 51.1 Å². The van der Waals surface area contributed by atoms with Crippen LogP contribution >= 0.6 is 0 Å². The van der Waals surface area contributed by atoms with Crippen LogP contribution in [0.1, 0.15) is 85.1 Å². The Morgan fingerprint density at radius 1 is 0.896 bits per heavy atom. The molecular formula is C36H51N5O7. The summed E-state index contributed by atoms with van der Waals surface area (Å²) in [6, 6.07) is 4.81. The van der Waals surface area contributed by atoms with Crippen molar-refractivity contribution < 1.29 is 33.5 Å². The predicted molar refractivity (Wildman–Crippen MR) is 177 cm³/mol. The summed E-state index contributed by atoms with van der Waals surface area (Å²) in [5, 5.41) is 8.48. The van der Waals surface area contributed by atoms with E-state index in [0.29, 0.717) is 19.4 Å². The summed E-state index contributed by atoms with van der Waals surface area (Å²) in [5.74, 6) is -3.71. The SMILES string of the molecule is CC(C)(C)[C@@H](NC(=O)N[C@H](C(=O)N1C[C@H]2[C@@H]([C@H]1C(=O)NC(C(=O)C(N)=O)C1CC1)C2(C)C)C1CCCCC1)C(=O)OCc1ccccc1. The molecule has 6 atom stereocenters. The van der Waals surface area contributed by atoms with E-state index in [0.717, 1.165) is 37.7 Å². The molecule has 1 saturated heterocycles. The monoisotopic (exact) mass is 665 g/mol. The van der Waals surface area contributed by atoms with Crippen LogP contribution in [0.15, 0.2) is 30.3 Å². The third-order valence-electron chi connectivity index (χ3n) is 11.0. The smallest absolute Gasteiger partial charge is 0.329 e. The summed E-state index contributed by atoms with van der Waals surface area (Å²) < 4.78 is 5.57. The number of ketones is 1. The number of nitrogens with zero attached hydrogens (tertiary/aromatic N) is 1. The zero-order valence-corrected chi connectivity index (χ0v) is 28.8. The minimum Gasteiger partial charge on any atom is -0.459 e. The maximum atomic E-state index is 14.5. The molecule has 4 fully saturated rings. The van der Waals surface area contributed by atoms with Gasteiger partial charge in [0.2, 0.25) is 17.6 Å². The Kier molecular flexibility index (Phi) is 10.2. The van der Waals surface area contributed by atoms with E-state index in [4.69, 9.17) is 10.5 Å². The van der Waals surface area contributed by atoms with Gasteiger partial charge in [0.25, 0.3) is 5.91 Å². The first kappa shape index (κ1) is 35.3. The van der Waals surface area contributed by atoms with E-state index in [-0.39, 0.29) is 41.6 Å². The second kappa shape index (κ2) is 13.9. The molecule has 0 bridgehead atoms. The standard InChI is InChI=1S/C36H51N5O7/c1-35(2,3)29(33(46)48-19-20-12-8-6-9-13-20)40-34(47)39-26(21-14-10-7-11-15-21)32(45)41-18-23-24(36(23,4)5)27(41)31(44)38-25(22-16-17-22)28(42)30(37)43/h6,8-9,12-13,21-27,29H,7,10-11,14-19H2,1-5H3,(H2,37,43)(H,38,44)(H2,39,40,47)/t23-,24-,25?,26-,27-,29-/m0/s1. The lowest BCUT2D eigenvalue weighted by molar-refractivity contribution is -0.150. The second-order valence-corrected chi connectivity index (χ2v) is 15.8. The largest absolute Gasteiger partial charge is 0.459 e. The fourth-order valence-electron chi connectivity index (χ4n) is 7.81. The number of rotatable bonds is 12. The Morgan fingerprint density at radius 2 is 1.52 bits per heavy atom.